The lowest BCUT2D eigenvalue weighted by molar-refractivity contribution is -0.110. The normalized spacial score (nSPS) is 17.2. The van der Waals surface area contributed by atoms with E-state index >= 15 is 0 Å². The van der Waals surface area contributed by atoms with Crippen molar-refractivity contribution in [2.45, 2.75) is 24.9 Å². The van der Waals surface area contributed by atoms with E-state index in [4.69, 9.17) is 0 Å². The van der Waals surface area contributed by atoms with Crippen LogP contribution in [0.1, 0.15) is 29.5 Å². The fourth-order valence-corrected chi connectivity index (χ4v) is 5.17. The highest BCUT2D eigenvalue weighted by Gasteiger charge is 2.46. The van der Waals surface area contributed by atoms with Crippen molar-refractivity contribution in [2.75, 3.05) is 28.4 Å². The average Bonchev–Trinajstić information content (AvgIpc) is 3.50. The van der Waals surface area contributed by atoms with Gasteiger partial charge < -0.3 is 10.6 Å². The van der Waals surface area contributed by atoms with Gasteiger partial charge in [0.1, 0.15) is 0 Å². The molecule has 38 heavy (non-hydrogen) atoms. The van der Waals surface area contributed by atoms with E-state index in [1.807, 2.05) is 30.3 Å². The fraction of sp³-hybridized carbons (Fsp3) is 0.222. The Morgan fingerprint density at radius 2 is 1.58 bits per heavy atom. The molecule has 0 saturated carbocycles. The SMILES string of the molecule is O=C1Nc2ccc(NS(=O)(=O)C(F)(F)F)cc2/C1=C(/Nc1ccc(CN2CCCC2)cc1)c1ccccc1. The second kappa shape index (κ2) is 10.1. The van der Waals surface area contributed by atoms with Gasteiger partial charge in [0, 0.05) is 29.2 Å². The van der Waals surface area contributed by atoms with Crippen LogP contribution in [0, 0.1) is 0 Å². The zero-order chi connectivity index (χ0) is 26.9. The third-order valence-electron chi connectivity index (χ3n) is 6.46. The molecule has 2 aliphatic rings. The van der Waals surface area contributed by atoms with Crippen molar-refractivity contribution in [1.29, 1.82) is 0 Å². The summed E-state index contributed by atoms with van der Waals surface area (Å²) in [7, 11) is -5.62. The highest BCUT2D eigenvalue weighted by Crippen LogP contribution is 2.39. The van der Waals surface area contributed by atoms with Crippen molar-refractivity contribution in [3.05, 3.63) is 89.5 Å². The van der Waals surface area contributed by atoms with Crippen molar-refractivity contribution in [1.82, 2.24) is 4.90 Å². The van der Waals surface area contributed by atoms with E-state index in [2.05, 4.69) is 15.5 Å². The van der Waals surface area contributed by atoms with Crippen LogP contribution in [0.2, 0.25) is 0 Å². The molecule has 0 unspecified atom stereocenters. The van der Waals surface area contributed by atoms with Gasteiger partial charge in [-0.25, -0.2) is 0 Å². The van der Waals surface area contributed by atoms with Gasteiger partial charge in [0.15, 0.2) is 0 Å². The van der Waals surface area contributed by atoms with E-state index in [-0.39, 0.29) is 16.8 Å². The minimum atomic E-state index is -5.62. The Balaban J connectivity index is 1.52. The lowest BCUT2D eigenvalue weighted by Crippen LogP contribution is -2.29. The highest BCUT2D eigenvalue weighted by molar-refractivity contribution is 7.93. The van der Waals surface area contributed by atoms with Crippen LogP contribution in [0.25, 0.3) is 11.3 Å². The Morgan fingerprint density at radius 1 is 0.921 bits per heavy atom. The Morgan fingerprint density at radius 3 is 2.24 bits per heavy atom. The zero-order valence-corrected chi connectivity index (χ0v) is 21.0. The molecule has 198 valence electrons. The molecule has 2 heterocycles. The van der Waals surface area contributed by atoms with Gasteiger partial charge in [0.05, 0.1) is 11.3 Å². The molecule has 1 saturated heterocycles. The summed E-state index contributed by atoms with van der Waals surface area (Å²) in [4.78, 5) is 15.5. The number of fused-ring (bicyclic) bond motifs is 1. The first-order chi connectivity index (χ1) is 18.1. The number of nitrogens with one attached hydrogen (secondary N) is 3. The molecule has 0 atom stereocenters. The maximum absolute atomic E-state index is 13.1. The number of rotatable bonds is 7. The lowest BCUT2D eigenvalue weighted by Gasteiger charge is -2.17. The summed E-state index contributed by atoms with van der Waals surface area (Å²) in [5.41, 5.74) is -1.98. The summed E-state index contributed by atoms with van der Waals surface area (Å²) in [6.45, 7) is 3.03. The fourth-order valence-electron chi connectivity index (χ4n) is 4.61. The number of amides is 1. The number of carbonyl (C=O) groups is 1. The van der Waals surface area contributed by atoms with Crippen molar-refractivity contribution in [3.8, 4) is 0 Å². The Hall–Kier alpha value is -3.83. The highest BCUT2D eigenvalue weighted by atomic mass is 32.2. The summed E-state index contributed by atoms with van der Waals surface area (Å²) in [6, 6.07) is 20.6. The minimum absolute atomic E-state index is 0.181. The number of nitrogens with zero attached hydrogens (tertiary/aromatic N) is 1. The summed E-state index contributed by atoms with van der Waals surface area (Å²) in [5, 5.41) is 6.02. The Bertz CT molecular complexity index is 1480. The molecular formula is C27H25F3N4O3S. The topological polar surface area (TPSA) is 90.5 Å². The first-order valence-corrected chi connectivity index (χ1v) is 13.5. The first kappa shape index (κ1) is 25.8. The Labute approximate surface area is 218 Å². The van der Waals surface area contributed by atoms with Crippen LogP contribution in [0.4, 0.5) is 30.2 Å². The quantitative estimate of drug-likeness (QED) is 0.344. The largest absolute Gasteiger partial charge is 0.516 e. The average molecular weight is 543 g/mol. The van der Waals surface area contributed by atoms with Crippen molar-refractivity contribution >= 4 is 44.3 Å². The van der Waals surface area contributed by atoms with Crippen LogP contribution in [-0.2, 0) is 21.4 Å². The van der Waals surface area contributed by atoms with Gasteiger partial charge in [0.2, 0.25) is 0 Å². The maximum atomic E-state index is 13.1. The lowest BCUT2D eigenvalue weighted by atomic mass is 9.99. The predicted molar refractivity (Wildman–Crippen MR) is 142 cm³/mol. The second-order valence-corrected chi connectivity index (χ2v) is 10.9. The van der Waals surface area contributed by atoms with Crippen LogP contribution < -0.4 is 15.4 Å². The molecular weight excluding hydrogens is 517 g/mol. The third kappa shape index (κ3) is 5.39. The molecule has 2 aliphatic heterocycles. The molecule has 5 rings (SSSR count). The standard InChI is InChI=1S/C27H25F3N4O3S/c28-27(29,30)38(36,37)33-21-12-13-23-22(16-21)24(26(35)32-23)25(19-6-2-1-3-7-19)31-20-10-8-18(9-11-20)17-34-14-4-5-15-34/h1-3,6-13,16,31,33H,4-5,14-15,17H2,(H,32,35)/b25-24-. The van der Waals surface area contributed by atoms with Gasteiger partial charge in [-0.05, 0) is 67.4 Å². The first-order valence-electron chi connectivity index (χ1n) is 12.0. The predicted octanol–water partition coefficient (Wildman–Crippen LogP) is 5.48. The molecule has 0 aromatic heterocycles. The number of alkyl halides is 3. The molecule has 7 nitrogen and oxygen atoms in total. The van der Waals surface area contributed by atoms with E-state index in [0.29, 0.717) is 16.9 Å². The molecule has 1 fully saturated rings. The summed E-state index contributed by atoms with van der Waals surface area (Å²) in [6.07, 6.45) is 2.41. The van der Waals surface area contributed by atoms with Crippen LogP contribution in [0.5, 0.6) is 0 Å². The molecule has 0 bridgehead atoms. The number of benzene rings is 3. The number of likely N-dealkylation sites (tertiary alicyclic amines) is 1. The van der Waals surface area contributed by atoms with E-state index < -0.39 is 21.4 Å². The number of hydrogen-bond donors (Lipinski definition) is 3. The summed E-state index contributed by atoms with van der Waals surface area (Å²) < 4.78 is 63.6. The number of carbonyl (C=O) groups excluding carboxylic acids is 1. The van der Waals surface area contributed by atoms with Crippen LogP contribution in [0.15, 0.2) is 72.8 Å². The maximum Gasteiger partial charge on any atom is 0.516 e. The monoisotopic (exact) mass is 542 g/mol. The van der Waals surface area contributed by atoms with E-state index in [1.54, 1.807) is 29.0 Å². The number of anilines is 3. The molecule has 0 spiro atoms. The molecule has 3 N–H and O–H groups in total. The van der Waals surface area contributed by atoms with Crippen molar-refractivity contribution in [3.63, 3.8) is 0 Å². The molecule has 11 heteroatoms. The van der Waals surface area contributed by atoms with E-state index in [9.17, 15) is 26.4 Å². The van der Waals surface area contributed by atoms with Gasteiger partial charge in [-0.3, -0.25) is 14.4 Å². The summed E-state index contributed by atoms with van der Waals surface area (Å²) >= 11 is 0. The Kier molecular flexibility index (Phi) is 6.89. The number of hydrogen-bond acceptors (Lipinski definition) is 5. The second-order valence-electron chi connectivity index (χ2n) is 9.19. The van der Waals surface area contributed by atoms with Gasteiger partial charge in [-0.15, -0.1) is 0 Å². The van der Waals surface area contributed by atoms with Gasteiger partial charge in [-0.2, -0.15) is 21.6 Å². The molecule has 0 radical (unpaired) electrons. The van der Waals surface area contributed by atoms with Crippen LogP contribution in [0.3, 0.4) is 0 Å². The van der Waals surface area contributed by atoms with Crippen molar-refractivity contribution in [2.24, 2.45) is 0 Å². The summed E-state index contributed by atoms with van der Waals surface area (Å²) in [5.74, 6) is -0.465. The minimum Gasteiger partial charge on any atom is -0.354 e. The number of sulfonamides is 1. The van der Waals surface area contributed by atoms with Crippen molar-refractivity contribution < 1.29 is 26.4 Å². The zero-order valence-electron chi connectivity index (χ0n) is 20.2. The van der Waals surface area contributed by atoms with Crippen LogP contribution in [-0.4, -0.2) is 37.8 Å². The van der Waals surface area contributed by atoms with Gasteiger partial charge in [0.25, 0.3) is 5.91 Å². The van der Waals surface area contributed by atoms with E-state index in [0.717, 1.165) is 30.9 Å². The van der Waals surface area contributed by atoms with E-state index in [1.165, 1.54) is 31.0 Å². The third-order valence-corrected chi connectivity index (χ3v) is 7.58. The van der Waals surface area contributed by atoms with Crippen LogP contribution >= 0.6 is 0 Å². The molecule has 3 aromatic carbocycles. The number of halogens is 3. The molecule has 3 aromatic rings. The smallest absolute Gasteiger partial charge is 0.354 e. The molecule has 0 aliphatic carbocycles. The van der Waals surface area contributed by atoms with Gasteiger partial charge in [-0.1, -0.05) is 42.5 Å². The van der Waals surface area contributed by atoms with Gasteiger partial charge >= 0.3 is 15.5 Å². The molecule has 1 amide bonds.